The second kappa shape index (κ2) is 5.89. The Bertz CT molecular complexity index is 305. The first-order valence-electron chi connectivity index (χ1n) is 5.57. The topological polar surface area (TPSA) is 32.3 Å². The van der Waals surface area contributed by atoms with Gasteiger partial charge in [-0.1, -0.05) is 30.7 Å². The molecule has 0 amide bonds. The molecule has 1 aromatic rings. The van der Waals surface area contributed by atoms with Crippen LogP contribution in [0.1, 0.15) is 30.0 Å². The summed E-state index contributed by atoms with van der Waals surface area (Å²) >= 11 is 0. The lowest BCUT2D eigenvalue weighted by atomic mass is 10.1. The maximum atomic E-state index is 9.05. The molecule has 0 unspecified atom stereocenters. The summed E-state index contributed by atoms with van der Waals surface area (Å²) in [6.07, 6.45) is 0.960. The first-order valence-corrected chi connectivity index (χ1v) is 5.57. The smallest absolute Gasteiger partial charge is 0.0584 e. The highest BCUT2D eigenvalue weighted by molar-refractivity contribution is 5.30. The minimum atomic E-state index is 0.210. The molecule has 0 aliphatic rings. The molecule has 0 aromatic heterocycles. The fraction of sp³-hybridized carbons (Fsp3) is 0.538. The van der Waals surface area contributed by atoms with Crippen molar-refractivity contribution in [2.75, 3.05) is 6.61 Å². The van der Waals surface area contributed by atoms with Crippen LogP contribution in [-0.4, -0.2) is 17.8 Å². The van der Waals surface area contributed by atoms with Crippen LogP contribution in [0, 0.1) is 13.8 Å². The van der Waals surface area contributed by atoms with Crippen LogP contribution in [0.4, 0.5) is 0 Å². The predicted molar refractivity (Wildman–Crippen MR) is 63.9 cm³/mol. The van der Waals surface area contributed by atoms with Crippen LogP contribution in [0.15, 0.2) is 18.2 Å². The van der Waals surface area contributed by atoms with E-state index in [2.05, 4.69) is 44.3 Å². The summed E-state index contributed by atoms with van der Waals surface area (Å²) in [5, 5.41) is 12.4. The number of rotatable bonds is 5. The maximum Gasteiger partial charge on any atom is 0.0584 e. The Morgan fingerprint density at radius 1 is 1.33 bits per heavy atom. The summed E-state index contributed by atoms with van der Waals surface area (Å²) in [6.45, 7) is 7.36. The Morgan fingerprint density at radius 2 is 2.07 bits per heavy atom. The molecule has 0 aliphatic heterocycles. The lowest BCUT2D eigenvalue weighted by Crippen LogP contribution is -2.31. The van der Waals surface area contributed by atoms with E-state index in [4.69, 9.17) is 5.11 Å². The molecule has 0 radical (unpaired) electrons. The highest BCUT2D eigenvalue weighted by Crippen LogP contribution is 2.10. The molecular weight excluding hydrogens is 186 g/mol. The number of benzene rings is 1. The van der Waals surface area contributed by atoms with Crippen molar-refractivity contribution >= 4 is 0 Å². The van der Waals surface area contributed by atoms with E-state index in [1.807, 2.05) is 0 Å². The van der Waals surface area contributed by atoms with Gasteiger partial charge < -0.3 is 10.4 Å². The van der Waals surface area contributed by atoms with Crippen LogP contribution < -0.4 is 5.32 Å². The van der Waals surface area contributed by atoms with E-state index in [1.165, 1.54) is 16.7 Å². The van der Waals surface area contributed by atoms with Crippen molar-refractivity contribution in [1.82, 2.24) is 5.32 Å². The van der Waals surface area contributed by atoms with E-state index >= 15 is 0 Å². The summed E-state index contributed by atoms with van der Waals surface area (Å²) in [7, 11) is 0. The Hall–Kier alpha value is -0.860. The van der Waals surface area contributed by atoms with Crippen molar-refractivity contribution < 1.29 is 5.11 Å². The Labute approximate surface area is 92.3 Å². The SMILES string of the molecule is CC[C@H](CO)NCc1ccc(C)cc1C. The molecule has 84 valence electrons. The predicted octanol–water partition coefficient (Wildman–Crippen LogP) is 2.16. The molecule has 2 N–H and O–H groups in total. The van der Waals surface area contributed by atoms with Crippen molar-refractivity contribution in [2.24, 2.45) is 0 Å². The minimum Gasteiger partial charge on any atom is -0.395 e. The molecule has 0 aliphatic carbocycles. The van der Waals surface area contributed by atoms with Gasteiger partial charge in [0, 0.05) is 12.6 Å². The summed E-state index contributed by atoms with van der Waals surface area (Å²) in [5.41, 5.74) is 3.92. The van der Waals surface area contributed by atoms with E-state index in [-0.39, 0.29) is 12.6 Å². The summed E-state index contributed by atoms with van der Waals surface area (Å²) in [6, 6.07) is 6.69. The first-order chi connectivity index (χ1) is 7.17. The molecule has 0 fully saturated rings. The van der Waals surface area contributed by atoms with Gasteiger partial charge in [-0.3, -0.25) is 0 Å². The molecule has 1 aromatic carbocycles. The maximum absolute atomic E-state index is 9.05. The zero-order chi connectivity index (χ0) is 11.3. The van der Waals surface area contributed by atoms with Gasteiger partial charge in [-0.15, -0.1) is 0 Å². The lowest BCUT2D eigenvalue weighted by Gasteiger charge is -2.15. The molecule has 0 spiro atoms. The molecular formula is C13H21NO. The average molecular weight is 207 g/mol. The van der Waals surface area contributed by atoms with Gasteiger partial charge in [0.25, 0.3) is 0 Å². The summed E-state index contributed by atoms with van der Waals surface area (Å²) in [4.78, 5) is 0. The van der Waals surface area contributed by atoms with Gasteiger partial charge in [-0.05, 0) is 31.4 Å². The van der Waals surface area contributed by atoms with Crippen LogP contribution in [0.3, 0.4) is 0 Å². The van der Waals surface area contributed by atoms with Crippen molar-refractivity contribution in [2.45, 2.75) is 39.8 Å². The molecule has 0 saturated carbocycles. The number of aliphatic hydroxyl groups is 1. The van der Waals surface area contributed by atoms with E-state index in [1.54, 1.807) is 0 Å². The summed E-state index contributed by atoms with van der Waals surface area (Å²) in [5.74, 6) is 0. The molecule has 1 rings (SSSR count). The van der Waals surface area contributed by atoms with Crippen LogP contribution in [-0.2, 0) is 6.54 Å². The largest absolute Gasteiger partial charge is 0.395 e. The fourth-order valence-corrected chi connectivity index (χ4v) is 1.64. The molecule has 0 heterocycles. The number of hydrogen-bond acceptors (Lipinski definition) is 2. The van der Waals surface area contributed by atoms with Crippen molar-refractivity contribution in [3.8, 4) is 0 Å². The molecule has 2 heteroatoms. The van der Waals surface area contributed by atoms with E-state index < -0.39 is 0 Å². The third-order valence-electron chi connectivity index (χ3n) is 2.79. The average Bonchev–Trinajstić information content (AvgIpc) is 2.22. The highest BCUT2D eigenvalue weighted by Gasteiger charge is 2.04. The second-order valence-electron chi connectivity index (χ2n) is 4.10. The zero-order valence-electron chi connectivity index (χ0n) is 9.88. The number of hydrogen-bond donors (Lipinski definition) is 2. The van der Waals surface area contributed by atoms with Crippen molar-refractivity contribution in [1.29, 1.82) is 0 Å². The van der Waals surface area contributed by atoms with Gasteiger partial charge in [-0.25, -0.2) is 0 Å². The van der Waals surface area contributed by atoms with E-state index in [9.17, 15) is 0 Å². The second-order valence-corrected chi connectivity index (χ2v) is 4.10. The van der Waals surface area contributed by atoms with Gasteiger partial charge in [0.05, 0.1) is 6.61 Å². The normalized spacial score (nSPS) is 12.8. The molecule has 2 nitrogen and oxygen atoms in total. The quantitative estimate of drug-likeness (QED) is 0.775. The number of aliphatic hydroxyl groups excluding tert-OH is 1. The van der Waals surface area contributed by atoms with Gasteiger partial charge in [0.2, 0.25) is 0 Å². The molecule has 1 atom stereocenters. The Kier molecular flexibility index (Phi) is 4.79. The molecule has 15 heavy (non-hydrogen) atoms. The van der Waals surface area contributed by atoms with Gasteiger partial charge in [0.15, 0.2) is 0 Å². The Balaban J connectivity index is 2.57. The monoisotopic (exact) mass is 207 g/mol. The minimum absolute atomic E-state index is 0.210. The number of nitrogens with one attached hydrogen (secondary N) is 1. The van der Waals surface area contributed by atoms with Crippen LogP contribution >= 0.6 is 0 Å². The van der Waals surface area contributed by atoms with Gasteiger partial charge in [-0.2, -0.15) is 0 Å². The van der Waals surface area contributed by atoms with Crippen LogP contribution in [0.25, 0.3) is 0 Å². The summed E-state index contributed by atoms with van der Waals surface area (Å²) < 4.78 is 0. The third kappa shape index (κ3) is 3.65. The molecule has 0 bridgehead atoms. The van der Waals surface area contributed by atoms with Crippen LogP contribution in [0.2, 0.25) is 0 Å². The van der Waals surface area contributed by atoms with Gasteiger partial charge >= 0.3 is 0 Å². The third-order valence-corrected chi connectivity index (χ3v) is 2.79. The van der Waals surface area contributed by atoms with Crippen molar-refractivity contribution in [3.05, 3.63) is 34.9 Å². The van der Waals surface area contributed by atoms with E-state index in [0.29, 0.717) is 0 Å². The van der Waals surface area contributed by atoms with E-state index in [0.717, 1.165) is 13.0 Å². The first kappa shape index (κ1) is 12.2. The lowest BCUT2D eigenvalue weighted by molar-refractivity contribution is 0.238. The standard InChI is InChI=1S/C13H21NO/c1-4-13(9-15)14-8-12-6-5-10(2)7-11(12)3/h5-7,13-15H,4,8-9H2,1-3H3/t13-/m1/s1. The molecule has 0 saturated heterocycles. The van der Waals surface area contributed by atoms with Gasteiger partial charge in [0.1, 0.15) is 0 Å². The zero-order valence-corrected chi connectivity index (χ0v) is 9.88. The van der Waals surface area contributed by atoms with Crippen molar-refractivity contribution in [3.63, 3.8) is 0 Å². The highest BCUT2D eigenvalue weighted by atomic mass is 16.3. The Morgan fingerprint density at radius 3 is 2.60 bits per heavy atom. The van der Waals surface area contributed by atoms with Crippen LogP contribution in [0.5, 0.6) is 0 Å². The fourth-order valence-electron chi connectivity index (χ4n) is 1.64. The number of aryl methyl sites for hydroxylation is 2.